The Morgan fingerprint density at radius 3 is 2.48 bits per heavy atom. The van der Waals surface area contributed by atoms with E-state index in [0.717, 1.165) is 5.56 Å². The van der Waals surface area contributed by atoms with Crippen LogP contribution in [-0.2, 0) is 4.79 Å². The highest BCUT2D eigenvalue weighted by atomic mass is 35.5. The van der Waals surface area contributed by atoms with Gasteiger partial charge in [0.1, 0.15) is 0 Å². The lowest BCUT2D eigenvalue weighted by Crippen LogP contribution is -2.27. The van der Waals surface area contributed by atoms with Gasteiger partial charge in [0.25, 0.3) is 11.6 Å². The van der Waals surface area contributed by atoms with Crippen LogP contribution >= 0.6 is 11.6 Å². The fourth-order valence-corrected chi connectivity index (χ4v) is 2.26. The second-order valence-corrected chi connectivity index (χ2v) is 5.68. The predicted octanol–water partition coefficient (Wildman–Crippen LogP) is 3.32. The summed E-state index contributed by atoms with van der Waals surface area (Å²) in [6.45, 7) is 1.94. The second kappa shape index (κ2) is 8.25. The molecule has 0 saturated heterocycles. The van der Waals surface area contributed by atoms with Gasteiger partial charge in [0.05, 0.1) is 4.92 Å². The first-order valence-electron chi connectivity index (χ1n) is 7.46. The van der Waals surface area contributed by atoms with E-state index in [1.165, 1.54) is 24.3 Å². The number of nitro benzene ring substituents is 1. The number of non-ortho nitro benzene ring substituents is 1. The van der Waals surface area contributed by atoms with E-state index in [-0.39, 0.29) is 30.1 Å². The number of rotatable bonds is 6. The Bertz CT molecular complexity index is 806. The number of nitro groups is 1. The molecule has 0 aromatic heterocycles. The summed E-state index contributed by atoms with van der Waals surface area (Å²) in [5.41, 5.74) is 1.59. The van der Waals surface area contributed by atoms with Crippen molar-refractivity contribution in [2.75, 3.05) is 11.9 Å². The minimum atomic E-state index is -0.538. The molecule has 0 unspecified atom stereocenters. The molecule has 2 rings (SSSR count). The van der Waals surface area contributed by atoms with Crippen LogP contribution in [0.2, 0.25) is 5.02 Å². The lowest BCUT2D eigenvalue weighted by atomic mass is 10.2. The van der Waals surface area contributed by atoms with Gasteiger partial charge in [-0.05, 0) is 36.8 Å². The van der Waals surface area contributed by atoms with Gasteiger partial charge >= 0.3 is 0 Å². The van der Waals surface area contributed by atoms with Crippen molar-refractivity contribution in [2.45, 2.75) is 13.3 Å². The summed E-state index contributed by atoms with van der Waals surface area (Å²) in [5.74, 6) is -0.656. The van der Waals surface area contributed by atoms with E-state index in [4.69, 9.17) is 11.6 Å². The van der Waals surface area contributed by atoms with Crippen LogP contribution in [0.5, 0.6) is 0 Å². The molecule has 0 aliphatic heterocycles. The minimum Gasteiger partial charge on any atom is -0.352 e. The van der Waals surface area contributed by atoms with Crippen LogP contribution in [0.4, 0.5) is 11.4 Å². The molecule has 7 nitrogen and oxygen atoms in total. The van der Waals surface area contributed by atoms with Crippen molar-refractivity contribution in [2.24, 2.45) is 0 Å². The SMILES string of the molecule is Cc1c(Cl)cccc1NC(=O)CCNC(=O)c1ccc([N+](=O)[O-])cc1. The standard InChI is InChI=1S/C17H16ClN3O4/c1-11-14(18)3-2-4-15(11)20-16(22)9-10-19-17(23)12-5-7-13(8-6-12)21(24)25/h2-8H,9-10H2,1H3,(H,19,23)(H,20,22). The zero-order valence-electron chi connectivity index (χ0n) is 13.4. The number of hydrogen-bond donors (Lipinski definition) is 2. The summed E-state index contributed by atoms with van der Waals surface area (Å²) < 4.78 is 0. The molecule has 130 valence electrons. The molecule has 25 heavy (non-hydrogen) atoms. The summed E-state index contributed by atoms with van der Waals surface area (Å²) in [7, 11) is 0. The van der Waals surface area contributed by atoms with Gasteiger partial charge < -0.3 is 10.6 Å². The molecule has 0 heterocycles. The third-order valence-electron chi connectivity index (χ3n) is 3.52. The molecule has 0 bridgehead atoms. The number of carbonyl (C=O) groups is 2. The molecule has 0 spiro atoms. The quantitative estimate of drug-likeness (QED) is 0.608. The van der Waals surface area contributed by atoms with Gasteiger partial charge in [-0.1, -0.05) is 17.7 Å². The predicted molar refractivity (Wildman–Crippen MR) is 94.9 cm³/mol. The first-order valence-corrected chi connectivity index (χ1v) is 7.84. The number of benzene rings is 2. The third kappa shape index (κ3) is 5.02. The molecule has 0 fully saturated rings. The Kier molecular flexibility index (Phi) is 6.08. The summed E-state index contributed by atoms with van der Waals surface area (Å²) >= 11 is 5.99. The number of hydrogen-bond acceptors (Lipinski definition) is 4. The summed E-state index contributed by atoms with van der Waals surface area (Å²) in [4.78, 5) is 33.9. The van der Waals surface area contributed by atoms with Crippen molar-refractivity contribution in [1.82, 2.24) is 5.32 Å². The van der Waals surface area contributed by atoms with Crippen LogP contribution in [0, 0.1) is 17.0 Å². The Morgan fingerprint density at radius 1 is 1.16 bits per heavy atom. The minimum absolute atomic E-state index is 0.0880. The molecule has 8 heteroatoms. The number of nitrogens with one attached hydrogen (secondary N) is 2. The van der Waals surface area contributed by atoms with Crippen LogP contribution in [0.25, 0.3) is 0 Å². The maximum Gasteiger partial charge on any atom is 0.269 e. The first-order chi connectivity index (χ1) is 11.9. The normalized spacial score (nSPS) is 10.2. The van der Waals surface area contributed by atoms with E-state index in [2.05, 4.69) is 10.6 Å². The van der Waals surface area contributed by atoms with Gasteiger partial charge in [-0.2, -0.15) is 0 Å². The van der Waals surface area contributed by atoms with Gasteiger partial charge in [-0.25, -0.2) is 0 Å². The van der Waals surface area contributed by atoms with E-state index >= 15 is 0 Å². The van der Waals surface area contributed by atoms with Crippen molar-refractivity contribution in [3.63, 3.8) is 0 Å². The fraction of sp³-hybridized carbons (Fsp3) is 0.176. The van der Waals surface area contributed by atoms with Gasteiger partial charge in [0.2, 0.25) is 5.91 Å². The van der Waals surface area contributed by atoms with Gasteiger partial charge in [0, 0.05) is 41.4 Å². The Labute approximate surface area is 149 Å². The van der Waals surface area contributed by atoms with E-state index < -0.39 is 10.8 Å². The van der Waals surface area contributed by atoms with Gasteiger partial charge in [-0.3, -0.25) is 19.7 Å². The largest absolute Gasteiger partial charge is 0.352 e. The lowest BCUT2D eigenvalue weighted by Gasteiger charge is -2.10. The number of carbonyl (C=O) groups excluding carboxylic acids is 2. The van der Waals surface area contributed by atoms with Crippen molar-refractivity contribution < 1.29 is 14.5 Å². The first kappa shape index (κ1) is 18.4. The molecule has 0 atom stereocenters. The van der Waals surface area contributed by atoms with E-state index in [1.807, 2.05) is 0 Å². The average Bonchev–Trinajstić information content (AvgIpc) is 2.59. The Hall–Kier alpha value is -2.93. The highest BCUT2D eigenvalue weighted by Crippen LogP contribution is 2.22. The van der Waals surface area contributed by atoms with Crippen LogP contribution in [0.3, 0.4) is 0 Å². The van der Waals surface area contributed by atoms with Crippen LogP contribution < -0.4 is 10.6 Å². The fourth-order valence-electron chi connectivity index (χ4n) is 2.08. The lowest BCUT2D eigenvalue weighted by molar-refractivity contribution is -0.384. The Balaban J connectivity index is 1.83. The molecule has 2 aromatic rings. The Morgan fingerprint density at radius 2 is 1.84 bits per heavy atom. The molecule has 2 amide bonds. The second-order valence-electron chi connectivity index (χ2n) is 5.27. The molecule has 0 radical (unpaired) electrons. The summed E-state index contributed by atoms with van der Waals surface area (Å²) in [6.07, 6.45) is 0.0880. The summed E-state index contributed by atoms with van der Waals surface area (Å²) in [6, 6.07) is 10.5. The van der Waals surface area contributed by atoms with E-state index in [9.17, 15) is 19.7 Å². The van der Waals surface area contributed by atoms with Crippen LogP contribution in [-0.4, -0.2) is 23.3 Å². The third-order valence-corrected chi connectivity index (χ3v) is 3.93. The average molecular weight is 362 g/mol. The molecular formula is C17H16ClN3O4. The number of halogens is 1. The number of nitrogens with zero attached hydrogens (tertiary/aromatic N) is 1. The van der Waals surface area contributed by atoms with Crippen molar-refractivity contribution in [3.05, 3.63) is 68.7 Å². The van der Waals surface area contributed by atoms with E-state index in [1.54, 1.807) is 25.1 Å². The highest BCUT2D eigenvalue weighted by molar-refractivity contribution is 6.31. The van der Waals surface area contributed by atoms with Gasteiger partial charge in [0.15, 0.2) is 0 Å². The number of amides is 2. The van der Waals surface area contributed by atoms with E-state index in [0.29, 0.717) is 10.7 Å². The molecule has 0 aliphatic rings. The molecule has 2 N–H and O–H groups in total. The molecule has 0 saturated carbocycles. The zero-order valence-corrected chi connectivity index (χ0v) is 14.2. The molecular weight excluding hydrogens is 346 g/mol. The molecule has 0 aliphatic carbocycles. The van der Waals surface area contributed by atoms with Crippen molar-refractivity contribution in [3.8, 4) is 0 Å². The zero-order chi connectivity index (χ0) is 18.4. The van der Waals surface area contributed by atoms with Gasteiger partial charge in [-0.15, -0.1) is 0 Å². The maximum absolute atomic E-state index is 11.9. The van der Waals surface area contributed by atoms with Crippen molar-refractivity contribution in [1.29, 1.82) is 0 Å². The van der Waals surface area contributed by atoms with Crippen LogP contribution in [0.15, 0.2) is 42.5 Å². The maximum atomic E-state index is 11.9. The van der Waals surface area contributed by atoms with Crippen LogP contribution in [0.1, 0.15) is 22.3 Å². The number of anilines is 1. The monoisotopic (exact) mass is 361 g/mol. The summed E-state index contributed by atoms with van der Waals surface area (Å²) in [5, 5.41) is 16.5. The topological polar surface area (TPSA) is 101 Å². The van der Waals surface area contributed by atoms with Crippen molar-refractivity contribution >= 4 is 34.8 Å². The highest BCUT2D eigenvalue weighted by Gasteiger charge is 2.10. The molecule has 2 aromatic carbocycles. The smallest absolute Gasteiger partial charge is 0.269 e.